The lowest BCUT2D eigenvalue weighted by Crippen LogP contribution is -2.21. The molecule has 3 aromatic rings. The first-order valence-corrected chi connectivity index (χ1v) is 6.95. The number of fused-ring (bicyclic) bond motifs is 3. The van der Waals surface area contributed by atoms with Gasteiger partial charge in [-0.15, -0.1) is 0 Å². The van der Waals surface area contributed by atoms with Gasteiger partial charge in [0, 0.05) is 17.5 Å². The number of hydrogen-bond acceptors (Lipinski definition) is 2. The lowest BCUT2D eigenvalue weighted by molar-refractivity contribution is 0.112. The molecule has 1 aliphatic rings. The highest BCUT2D eigenvalue weighted by molar-refractivity contribution is 5.75. The van der Waals surface area contributed by atoms with Crippen LogP contribution in [0.1, 0.15) is 27.7 Å². The van der Waals surface area contributed by atoms with Crippen molar-refractivity contribution in [2.24, 2.45) is 0 Å². The number of carbonyl (C=O) groups is 1. The number of aldehydes is 1. The van der Waals surface area contributed by atoms with E-state index in [1.54, 1.807) is 0 Å². The summed E-state index contributed by atoms with van der Waals surface area (Å²) >= 11 is 0. The van der Waals surface area contributed by atoms with Gasteiger partial charge in [-0.05, 0) is 29.8 Å². The lowest BCUT2D eigenvalue weighted by Gasteiger charge is -2.29. The zero-order valence-electron chi connectivity index (χ0n) is 11.4. The summed E-state index contributed by atoms with van der Waals surface area (Å²) in [6, 6.07) is 20.3. The third-order valence-electron chi connectivity index (χ3n) is 3.95. The fourth-order valence-electron chi connectivity index (χ4n) is 2.91. The van der Waals surface area contributed by atoms with Gasteiger partial charge in [0.1, 0.15) is 6.29 Å². The van der Waals surface area contributed by atoms with Gasteiger partial charge in [-0.1, -0.05) is 36.4 Å². The second-order valence-corrected chi connectivity index (χ2v) is 5.18. The molecule has 0 bridgehead atoms. The summed E-state index contributed by atoms with van der Waals surface area (Å²) < 4.78 is 2.21. The predicted octanol–water partition coefficient (Wildman–Crippen LogP) is 3.80. The Morgan fingerprint density at radius 2 is 1.76 bits per heavy atom. The molecule has 0 saturated heterocycles. The molecular weight excluding hydrogens is 260 g/mol. The van der Waals surface area contributed by atoms with E-state index in [0.29, 0.717) is 5.56 Å². The van der Waals surface area contributed by atoms with Crippen LogP contribution < -0.4 is 5.32 Å². The van der Waals surface area contributed by atoms with Crippen molar-refractivity contribution in [2.45, 2.75) is 6.04 Å². The molecule has 4 rings (SSSR count). The highest BCUT2D eigenvalue weighted by atomic mass is 16.1. The van der Waals surface area contributed by atoms with Gasteiger partial charge in [0.2, 0.25) is 0 Å². The second kappa shape index (κ2) is 4.63. The van der Waals surface area contributed by atoms with Crippen molar-refractivity contribution in [3.63, 3.8) is 0 Å². The maximum absolute atomic E-state index is 10.8. The maximum atomic E-state index is 10.8. The second-order valence-electron chi connectivity index (χ2n) is 5.18. The normalized spacial score (nSPS) is 15.7. The van der Waals surface area contributed by atoms with E-state index in [1.807, 2.05) is 36.4 Å². The van der Waals surface area contributed by atoms with E-state index in [2.05, 4.69) is 40.3 Å². The van der Waals surface area contributed by atoms with E-state index in [9.17, 15) is 4.79 Å². The number of nitrogens with zero attached hydrogens (tertiary/aromatic N) is 1. The largest absolute Gasteiger partial charge is 0.371 e. The third kappa shape index (κ3) is 1.86. The van der Waals surface area contributed by atoms with Gasteiger partial charge in [0.05, 0.1) is 17.4 Å². The number of para-hydroxylation sites is 2. The van der Waals surface area contributed by atoms with Gasteiger partial charge < -0.3 is 9.88 Å². The highest BCUT2D eigenvalue weighted by Gasteiger charge is 2.24. The van der Waals surface area contributed by atoms with Gasteiger partial charge in [0.15, 0.2) is 0 Å². The molecule has 2 heterocycles. The van der Waals surface area contributed by atoms with E-state index in [-0.39, 0.29) is 6.04 Å². The molecule has 102 valence electrons. The Hall–Kier alpha value is -2.81. The quantitative estimate of drug-likeness (QED) is 0.721. The minimum Gasteiger partial charge on any atom is -0.371 e. The van der Waals surface area contributed by atoms with Crippen molar-refractivity contribution in [2.75, 3.05) is 5.32 Å². The molecule has 1 aliphatic heterocycles. The zero-order valence-corrected chi connectivity index (χ0v) is 11.4. The van der Waals surface area contributed by atoms with E-state index < -0.39 is 0 Å². The SMILES string of the molecule is O=Cc1ccc(C2Nc3ccccc3-n3cccc32)cc1. The summed E-state index contributed by atoms with van der Waals surface area (Å²) in [6.07, 6.45) is 2.96. The van der Waals surface area contributed by atoms with E-state index in [1.165, 1.54) is 11.4 Å². The summed E-state index contributed by atoms with van der Waals surface area (Å²) in [4.78, 5) is 10.8. The van der Waals surface area contributed by atoms with Gasteiger partial charge in [-0.3, -0.25) is 4.79 Å². The van der Waals surface area contributed by atoms with Crippen LogP contribution in [0.2, 0.25) is 0 Å². The summed E-state index contributed by atoms with van der Waals surface area (Å²) in [7, 11) is 0. The molecule has 1 atom stereocenters. The molecule has 1 unspecified atom stereocenters. The third-order valence-corrected chi connectivity index (χ3v) is 3.95. The summed E-state index contributed by atoms with van der Waals surface area (Å²) in [5.74, 6) is 0. The van der Waals surface area contributed by atoms with Crippen LogP contribution in [0.3, 0.4) is 0 Å². The molecule has 3 nitrogen and oxygen atoms in total. The molecule has 1 N–H and O–H groups in total. The van der Waals surface area contributed by atoms with Crippen molar-refractivity contribution < 1.29 is 4.79 Å². The lowest BCUT2D eigenvalue weighted by atomic mass is 9.99. The van der Waals surface area contributed by atoms with Crippen LogP contribution in [0.4, 0.5) is 5.69 Å². The van der Waals surface area contributed by atoms with E-state index in [0.717, 1.165) is 17.5 Å². The number of anilines is 1. The van der Waals surface area contributed by atoms with Crippen molar-refractivity contribution in [3.8, 4) is 5.69 Å². The molecule has 0 radical (unpaired) electrons. The molecule has 2 aromatic carbocycles. The maximum Gasteiger partial charge on any atom is 0.150 e. The summed E-state index contributed by atoms with van der Waals surface area (Å²) in [6.45, 7) is 0. The van der Waals surface area contributed by atoms with Crippen LogP contribution in [0.5, 0.6) is 0 Å². The van der Waals surface area contributed by atoms with Crippen LogP contribution in [0, 0.1) is 0 Å². The van der Waals surface area contributed by atoms with Crippen LogP contribution in [0.25, 0.3) is 5.69 Å². The molecule has 0 fully saturated rings. The van der Waals surface area contributed by atoms with Gasteiger partial charge in [-0.2, -0.15) is 0 Å². The Balaban J connectivity index is 1.83. The number of aromatic nitrogens is 1. The van der Waals surface area contributed by atoms with Crippen LogP contribution in [0.15, 0.2) is 66.9 Å². The Labute approximate surface area is 122 Å². The van der Waals surface area contributed by atoms with Crippen LogP contribution in [-0.2, 0) is 0 Å². The molecule has 0 saturated carbocycles. The molecule has 0 amide bonds. The molecule has 1 aromatic heterocycles. The fourth-order valence-corrected chi connectivity index (χ4v) is 2.91. The minimum atomic E-state index is 0.0932. The fraction of sp³-hybridized carbons (Fsp3) is 0.0556. The monoisotopic (exact) mass is 274 g/mol. The van der Waals surface area contributed by atoms with Crippen LogP contribution in [-0.4, -0.2) is 10.9 Å². The number of rotatable bonds is 2. The molecular formula is C18H14N2O. The topological polar surface area (TPSA) is 34.0 Å². The van der Waals surface area contributed by atoms with Gasteiger partial charge >= 0.3 is 0 Å². The Morgan fingerprint density at radius 3 is 2.57 bits per heavy atom. The van der Waals surface area contributed by atoms with E-state index >= 15 is 0 Å². The number of hydrogen-bond donors (Lipinski definition) is 1. The number of carbonyl (C=O) groups excluding carboxylic acids is 1. The van der Waals surface area contributed by atoms with E-state index in [4.69, 9.17) is 0 Å². The first-order valence-electron chi connectivity index (χ1n) is 6.95. The van der Waals surface area contributed by atoms with Crippen molar-refractivity contribution in [3.05, 3.63) is 83.7 Å². The van der Waals surface area contributed by atoms with Crippen molar-refractivity contribution in [1.29, 1.82) is 0 Å². The molecule has 0 aliphatic carbocycles. The van der Waals surface area contributed by atoms with Gasteiger partial charge in [-0.25, -0.2) is 0 Å². The molecule has 21 heavy (non-hydrogen) atoms. The van der Waals surface area contributed by atoms with Crippen LogP contribution >= 0.6 is 0 Å². The first-order chi connectivity index (χ1) is 10.4. The summed E-state index contributed by atoms with van der Waals surface area (Å²) in [5.41, 5.74) is 5.33. The standard InChI is InChI=1S/C18H14N2O/c21-12-13-7-9-14(10-8-13)18-17-6-3-11-20(17)16-5-2-1-4-15(16)19-18/h1-12,18-19H. The summed E-state index contributed by atoms with van der Waals surface area (Å²) in [5, 5.41) is 3.58. The first kappa shape index (κ1) is 12.0. The van der Waals surface area contributed by atoms with Crippen molar-refractivity contribution in [1.82, 2.24) is 4.57 Å². The Kier molecular flexibility index (Phi) is 2.64. The number of nitrogens with one attached hydrogen (secondary N) is 1. The number of benzene rings is 2. The smallest absolute Gasteiger partial charge is 0.150 e. The van der Waals surface area contributed by atoms with Gasteiger partial charge in [0.25, 0.3) is 0 Å². The highest BCUT2D eigenvalue weighted by Crippen LogP contribution is 2.36. The molecule has 0 spiro atoms. The minimum absolute atomic E-state index is 0.0932. The zero-order chi connectivity index (χ0) is 14.2. The van der Waals surface area contributed by atoms with Crippen molar-refractivity contribution >= 4 is 12.0 Å². The predicted molar refractivity (Wildman–Crippen MR) is 83.1 cm³/mol. The average Bonchev–Trinajstić information content (AvgIpc) is 3.04. The Bertz CT molecular complexity index is 802. The average molecular weight is 274 g/mol. The molecule has 3 heteroatoms. The Morgan fingerprint density at radius 1 is 0.952 bits per heavy atom.